The van der Waals surface area contributed by atoms with Crippen molar-refractivity contribution in [1.82, 2.24) is 16.0 Å². The third-order valence-corrected chi connectivity index (χ3v) is 7.26. The van der Waals surface area contributed by atoms with Gasteiger partial charge >= 0.3 is 6.18 Å². The Balaban J connectivity index is 1.53. The Hall–Kier alpha value is -3.15. The number of amides is 4. The van der Waals surface area contributed by atoms with Crippen molar-refractivity contribution in [2.24, 2.45) is 11.3 Å². The van der Waals surface area contributed by atoms with E-state index in [1.807, 2.05) is 0 Å². The molecule has 1 heterocycles. The number of anilines is 1. The number of alkyl halides is 3. The van der Waals surface area contributed by atoms with E-state index >= 15 is 0 Å². The number of hydrogen-bond acceptors (Lipinski definition) is 5. The number of carbonyl (C=O) groups is 5. The van der Waals surface area contributed by atoms with Crippen LogP contribution in [0, 0.1) is 11.3 Å². The summed E-state index contributed by atoms with van der Waals surface area (Å²) in [5.74, 6) is -4.49. The van der Waals surface area contributed by atoms with Crippen LogP contribution in [0.5, 0.6) is 0 Å². The number of ketones is 1. The summed E-state index contributed by atoms with van der Waals surface area (Å²) in [5.41, 5.74) is -1.89. The zero-order valence-corrected chi connectivity index (χ0v) is 21.3. The minimum Gasteiger partial charge on any atom is -0.353 e. The quantitative estimate of drug-likeness (QED) is 0.329. The molecule has 1 aromatic carbocycles. The van der Waals surface area contributed by atoms with Crippen molar-refractivity contribution in [3.8, 4) is 0 Å². The van der Waals surface area contributed by atoms with Crippen LogP contribution in [0.3, 0.4) is 0 Å². The molecular weight excluding hydrogens is 529 g/mol. The molecule has 3 aliphatic rings. The normalized spacial score (nSPS) is 22.7. The number of hydrogen-bond donors (Lipinski definition) is 4. The fraction of sp³-hybridized carbons (Fsp3) is 0.560. The van der Waals surface area contributed by atoms with Crippen LogP contribution < -0.4 is 21.3 Å². The summed E-state index contributed by atoms with van der Waals surface area (Å²) in [6.07, 6.45) is -3.95. The topological polar surface area (TPSA) is 133 Å². The molecule has 206 valence electrons. The highest BCUT2D eigenvalue weighted by Crippen LogP contribution is 2.53. The standard InChI is InChI=1S/C25H28ClF3N4O5/c1-12-8-13(20(35)30-12)9-18(19(34)22(37)31-15-3-4-15)32-21(36)16-10-14(26)2-5-17(16)33-23(38)24(6-7-24)11-25(27,28)29/h2,5,10,12-13,15,18H,3-4,6-9,11H2,1H3,(H,30,35)(H,31,37)(H,32,36)(H,33,38)/t12-,13+,18+/m1/s1. The molecule has 4 N–H and O–H groups in total. The predicted molar refractivity (Wildman–Crippen MR) is 130 cm³/mol. The van der Waals surface area contributed by atoms with Gasteiger partial charge in [-0.15, -0.1) is 0 Å². The van der Waals surface area contributed by atoms with Crippen molar-refractivity contribution in [2.75, 3.05) is 5.32 Å². The highest BCUT2D eigenvalue weighted by atomic mass is 35.5. The number of rotatable bonds is 10. The molecule has 1 aliphatic heterocycles. The van der Waals surface area contributed by atoms with Crippen molar-refractivity contribution < 1.29 is 37.1 Å². The third kappa shape index (κ3) is 6.83. The zero-order valence-electron chi connectivity index (χ0n) is 20.5. The molecule has 3 fully saturated rings. The maximum Gasteiger partial charge on any atom is 0.390 e. The van der Waals surface area contributed by atoms with E-state index < -0.39 is 53.5 Å². The lowest BCUT2D eigenvalue weighted by atomic mass is 9.93. The van der Waals surface area contributed by atoms with Crippen LogP contribution in [-0.4, -0.2) is 53.7 Å². The molecule has 9 nitrogen and oxygen atoms in total. The van der Waals surface area contributed by atoms with Crippen molar-refractivity contribution in [2.45, 2.75) is 76.2 Å². The Morgan fingerprint density at radius 2 is 1.87 bits per heavy atom. The summed E-state index contributed by atoms with van der Waals surface area (Å²) >= 11 is 6.05. The van der Waals surface area contributed by atoms with E-state index in [9.17, 15) is 37.1 Å². The minimum absolute atomic E-state index is 0.0576. The zero-order chi connectivity index (χ0) is 27.8. The second-order valence-corrected chi connectivity index (χ2v) is 10.9. The number of benzene rings is 1. The van der Waals surface area contributed by atoms with E-state index in [0.29, 0.717) is 6.42 Å². The second-order valence-electron chi connectivity index (χ2n) is 10.4. The lowest BCUT2D eigenvalue weighted by Crippen LogP contribution is -2.49. The fourth-order valence-electron chi connectivity index (χ4n) is 4.64. The van der Waals surface area contributed by atoms with Gasteiger partial charge in [-0.2, -0.15) is 13.2 Å². The molecule has 2 aliphatic carbocycles. The van der Waals surface area contributed by atoms with Crippen LogP contribution in [0.4, 0.5) is 18.9 Å². The van der Waals surface area contributed by atoms with E-state index in [-0.39, 0.29) is 53.5 Å². The second kappa shape index (κ2) is 10.5. The van der Waals surface area contributed by atoms with Gasteiger partial charge in [0, 0.05) is 23.0 Å². The molecule has 0 radical (unpaired) electrons. The van der Waals surface area contributed by atoms with Gasteiger partial charge in [0.05, 0.1) is 29.1 Å². The first-order valence-electron chi connectivity index (χ1n) is 12.4. The van der Waals surface area contributed by atoms with Gasteiger partial charge in [-0.3, -0.25) is 24.0 Å². The average molecular weight is 557 g/mol. The van der Waals surface area contributed by atoms with Crippen LogP contribution >= 0.6 is 11.6 Å². The Morgan fingerprint density at radius 3 is 2.42 bits per heavy atom. The summed E-state index contributed by atoms with van der Waals surface area (Å²) in [4.78, 5) is 63.8. The first-order chi connectivity index (χ1) is 17.8. The van der Waals surface area contributed by atoms with Gasteiger partial charge in [-0.05, 0) is 63.6 Å². The van der Waals surface area contributed by atoms with E-state index in [4.69, 9.17) is 11.6 Å². The molecule has 4 amide bonds. The van der Waals surface area contributed by atoms with Crippen LogP contribution in [0.15, 0.2) is 18.2 Å². The Bertz CT molecular complexity index is 1170. The van der Waals surface area contributed by atoms with Crippen LogP contribution in [0.1, 0.15) is 62.2 Å². The highest BCUT2D eigenvalue weighted by molar-refractivity contribution is 6.38. The van der Waals surface area contributed by atoms with Crippen LogP contribution in [0.2, 0.25) is 5.02 Å². The number of nitrogens with one attached hydrogen (secondary N) is 4. The monoisotopic (exact) mass is 556 g/mol. The van der Waals surface area contributed by atoms with E-state index in [1.165, 1.54) is 18.2 Å². The van der Waals surface area contributed by atoms with Crippen molar-refractivity contribution in [1.29, 1.82) is 0 Å². The summed E-state index contributed by atoms with van der Waals surface area (Å²) in [6, 6.07) is 2.23. The third-order valence-electron chi connectivity index (χ3n) is 7.02. The molecule has 0 bridgehead atoms. The van der Waals surface area contributed by atoms with Crippen molar-refractivity contribution in [3.05, 3.63) is 28.8 Å². The minimum atomic E-state index is -4.54. The van der Waals surface area contributed by atoms with Gasteiger partial charge in [0.1, 0.15) is 0 Å². The first kappa shape index (κ1) is 27.9. The predicted octanol–water partition coefficient (Wildman–Crippen LogP) is 2.87. The van der Waals surface area contributed by atoms with Crippen LogP contribution in [0.25, 0.3) is 0 Å². The van der Waals surface area contributed by atoms with Gasteiger partial charge in [0.15, 0.2) is 0 Å². The fourth-order valence-corrected chi connectivity index (χ4v) is 4.81. The molecule has 13 heteroatoms. The molecule has 0 unspecified atom stereocenters. The van der Waals surface area contributed by atoms with Crippen molar-refractivity contribution in [3.63, 3.8) is 0 Å². The Morgan fingerprint density at radius 1 is 1.18 bits per heavy atom. The van der Waals surface area contributed by atoms with Gasteiger partial charge in [0.2, 0.25) is 17.6 Å². The highest BCUT2D eigenvalue weighted by Gasteiger charge is 2.56. The van der Waals surface area contributed by atoms with Crippen molar-refractivity contribution >= 4 is 46.7 Å². The molecule has 0 aromatic heterocycles. The molecule has 1 saturated heterocycles. The number of carbonyl (C=O) groups excluding carboxylic acids is 5. The summed E-state index contributed by atoms with van der Waals surface area (Å²) < 4.78 is 38.9. The van der Waals surface area contributed by atoms with Gasteiger partial charge in [-0.1, -0.05) is 11.6 Å². The molecule has 4 rings (SSSR count). The molecule has 38 heavy (non-hydrogen) atoms. The molecular formula is C25H28ClF3N4O5. The summed E-state index contributed by atoms with van der Waals surface area (Å²) in [6.45, 7) is 1.79. The number of halogens is 4. The van der Waals surface area contributed by atoms with E-state index in [0.717, 1.165) is 12.8 Å². The lowest BCUT2D eigenvalue weighted by Gasteiger charge is -2.22. The smallest absolute Gasteiger partial charge is 0.353 e. The first-order valence-corrected chi connectivity index (χ1v) is 12.8. The Labute approximate surface area is 221 Å². The molecule has 2 saturated carbocycles. The lowest BCUT2D eigenvalue weighted by molar-refractivity contribution is -0.155. The summed E-state index contributed by atoms with van der Waals surface area (Å²) in [5, 5.41) is 10.3. The molecule has 0 spiro atoms. The largest absolute Gasteiger partial charge is 0.390 e. The van der Waals surface area contributed by atoms with E-state index in [1.54, 1.807) is 6.92 Å². The molecule has 1 aromatic rings. The van der Waals surface area contributed by atoms with E-state index in [2.05, 4.69) is 21.3 Å². The van der Waals surface area contributed by atoms with Gasteiger partial charge < -0.3 is 21.3 Å². The van der Waals surface area contributed by atoms with Gasteiger partial charge in [0.25, 0.3) is 11.8 Å². The SMILES string of the molecule is C[C@@H]1C[C@@H](C[C@H](NC(=O)c2cc(Cl)ccc2NC(=O)C2(CC(F)(F)F)CC2)C(=O)C(=O)NC2CC2)C(=O)N1. The summed E-state index contributed by atoms with van der Waals surface area (Å²) in [7, 11) is 0. The maximum atomic E-state index is 13.3. The molecule has 3 atom stereocenters. The Kier molecular flexibility index (Phi) is 7.74. The number of Topliss-reactive ketones (excluding diaryl/α,β-unsaturated/α-hetero) is 1. The van der Waals surface area contributed by atoms with Gasteiger partial charge in [-0.25, -0.2) is 0 Å². The maximum absolute atomic E-state index is 13.3. The van der Waals surface area contributed by atoms with Crippen LogP contribution in [-0.2, 0) is 19.2 Å². The average Bonchev–Trinajstić information content (AvgIpc) is 3.74.